The Morgan fingerprint density at radius 3 is 2.52 bits per heavy atom. The maximum atomic E-state index is 14.8. The molecule has 0 N–H and O–H groups in total. The minimum absolute atomic E-state index is 0.0297. The Morgan fingerprint density at radius 1 is 1.30 bits per heavy atom. The summed E-state index contributed by atoms with van der Waals surface area (Å²) in [6, 6.07) is 1.04. The van der Waals surface area contributed by atoms with E-state index < -0.39 is 29.7 Å². The fraction of sp³-hybridized carbons (Fsp3) is 0.421. The van der Waals surface area contributed by atoms with Crippen LogP contribution >= 0.6 is 11.6 Å². The highest BCUT2D eigenvalue weighted by molar-refractivity contribution is 6.35. The summed E-state index contributed by atoms with van der Waals surface area (Å²) in [7, 11) is 0. The zero-order chi connectivity index (χ0) is 19.3. The van der Waals surface area contributed by atoms with Crippen molar-refractivity contribution in [2.24, 2.45) is 0 Å². The molecule has 0 fully saturated rings. The maximum absolute atomic E-state index is 14.8. The van der Waals surface area contributed by atoms with E-state index in [1.54, 1.807) is 0 Å². The molecule has 6 nitrogen and oxygen atoms in total. The summed E-state index contributed by atoms with van der Waals surface area (Å²) in [5, 5.41) is 0.0494. The van der Waals surface area contributed by atoms with E-state index >= 15 is 0 Å². The Labute approximate surface area is 159 Å². The number of hydrogen-bond acceptors (Lipinski definition) is 5. The number of hydrogen-bond donors (Lipinski definition) is 0. The van der Waals surface area contributed by atoms with E-state index in [0.29, 0.717) is 29.6 Å². The van der Waals surface area contributed by atoms with Gasteiger partial charge in [0.25, 0.3) is 11.8 Å². The molecular formula is C19H17ClFNO5. The number of halogens is 2. The zero-order valence-electron chi connectivity index (χ0n) is 14.6. The first-order valence-corrected chi connectivity index (χ1v) is 9.18. The summed E-state index contributed by atoms with van der Waals surface area (Å²) in [5.41, 5.74) is 1.19. The minimum atomic E-state index is -0.753. The summed E-state index contributed by atoms with van der Waals surface area (Å²) < 4.78 is 25.5. The van der Waals surface area contributed by atoms with Gasteiger partial charge < -0.3 is 9.47 Å². The van der Waals surface area contributed by atoms with Gasteiger partial charge in [-0.15, -0.1) is 0 Å². The Balaban J connectivity index is 1.72. The quantitative estimate of drug-likeness (QED) is 0.583. The molecule has 0 bridgehead atoms. The van der Waals surface area contributed by atoms with Gasteiger partial charge in [0.1, 0.15) is 24.3 Å². The molecule has 4 rings (SSSR count). The van der Waals surface area contributed by atoms with Gasteiger partial charge in [-0.2, -0.15) is 0 Å². The van der Waals surface area contributed by atoms with E-state index in [1.807, 2.05) is 0 Å². The van der Waals surface area contributed by atoms with Crippen molar-refractivity contribution in [3.63, 3.8) is 0 Å². The van der Waals surface area contributed by atoms with Gasteiger partial charge in [-0.25, -0.2) is 9.29 Å². The molecule has 0 aromatic heterocycles. The van der Waals surface area contributed by atoms with Crippen LogP contribution in [-0.2, 0) is 25.5 Å². The van der Waals surface area contributed by atoms with Crippen molar-refractivity contribution in [1.29, 1.82) is 0 Å². The van der Waals surface area contributed by atoms with Gasteiger partial charge in [0.05, 0.1) is 10.7 Å². The summed E-state index contributed by atoms with van der Waals surface area (Å²) in [6.07, 6.45) is 2.34. The van der Waals surface area contributed by atoms with Crippen LogP contribution in [0.1, 0.15) is 38.2 Å². The SMILES string of the molecule is CC(=O)OCC1Cc2c(c(Cl)cc(F)c2N2C(=O)C3=C(CCCC3)C2=O)O1. The number of carbonyl (C=O) groups excluding carboxylic acids is 3. The normalized spacial score (nSPS) is 21.3. The van der Waals surface area contributed by atoms with Crippen molar-refractivity contribution >= 4 is 35.1 Å². The van der Waals surface area contributed by atoms with Crippen LogP contribution < -0.4 is 9.64 Å². The second-order valence-electron chi connectivity index (χ2n) is 6.85. The number of esters is 1. The Morgan fingerprint density at radius 2 is 1.93 bits per heavy atom. The van der Waals surface area contributed by atoms with Gasteiger partial charge in [0, 0.05) is 30.1 Å². The highest BCUT2D eigenvalue weighted by Crippen LogP contribution is 2.46. The molecule has 142 valence electrons. The van der Waals surface area contributed by atoms with Crippen molar-refractivity contribution in [2.45, 2.75) is 45.1 Å². The van der Waals surface area contributed by atoms with Gasteiger partial charge in [-0.05, 0) is 31.7 Å². The third-order valence-corrected chi connectivity index (χ3v) is 5.34. The fourth-order valence-electron chi connectivity index (χ4n) is 3.88. The van der Waals surface area contributed by atoms with Gasteiger partial charge in [-0.3, -0.25) is 14.4 Å². The summed E-state index contributed by atoms with van der Waals surface area (Å²) in [4.78, 5) is 37.6. The van der Waals surface area contributed by atoms with Gasteiger partial charge in [0.15, 0.2) is 0 Å². The largest absolute Gasteiger partial charge is 0.485 e. The van der Waals surface area contributed by atoms with Gasteiger partial charge in [0.2, 0.25) is 0 Å². The minimum Gasteiger partial charge on any atom is -0.485 e. The first kappa shape index (κ1) is 18.0. The van der Waals surface area contributed by atoms with Crippen LogP contribution in [0.5, 0.6) is 5.75 Å². The summed E-state index contributed by atoms with van der Waals surface area (Å²) in [5.74, 6) is -1.94. The van der Waals surface area contributed by atoms with Gasteiger partial charge in [-0.1, -0.05) is 11.6 Å². The van der Waals surface area contributed by atoms with Crippen LogP contribution in [0, 0.1) is 5.82 Å². The zero-order valence-corrected chi connectivity index (χ0v) is 15.4. The number of rotatable bonds is 3. The molecule has 0 saturated carbocycles. The van der Waals surface area contributed by atoms with Gasteiger partial charge >= 0.3 is 5.97 Å². The number of benzene rings is 1. The topological polar surface area (TPSA) is 72.9 Å². The molecule has 1 aromatic rings. The number of ether oxygens (including phenoxy) is 2. The van der Waals surface area contributed by atoms with E-state index in [0.717, 1.165) is 23.8 Å². The monoisotopic (exact) mass is 393 g/mol. The Bertz CT molecular complexity index is 882. The van der Waals surface area contributed by atoms with Crippen molar-refractivity contribution in [1.82, 2.24) is 0 Å². The van der Waals surface area contributed by atoms with Crippen LogP contribution in [0.25, 0.3) is 0 Å². The first-order valence-electron chi connectivity index (χ1n) is 8.80. The van der Waals surface area contributed by atoms with Crippen molar-refractivity contribution in [3.05, 3.63) is 33.6 Å². The lowest BCUT2D eigenvalue weighted by Gasteiger charge is -2.19. The molecule has 0 spiro atoms. The van der Waals surface area contributed by atoms with E-state index in [1.165, 1.54) is 6.92 Å². The standard InChI is InChI=1S/C19H17ClFNO5/c1-9(23)26-8-10-6-13-16(15(21)7-14(20)17(13)27-10)22-18(24)11-4-2-3-5-12(11)19(22)25/h7,10H,2-6,8H2,1H3. The molecule has 2 heterocycles. The Hall–Kier alpha value is -2.41. The molecule has 3 aliphatic rings. The fourth-order valence-corrected chi connectivity index (χ4v) is 4.14. The lowest BCUT2D eigenvalue weighted by molar-refractivity contribution is -0.143. The maximum Gasteiger partial charge on any atom is 0.302 e. The van der Waals surface area contributed by atoms with Crippen molar-refractivity contribution < 1.29 is 28.2 Å². The molecule has 1 unspecified atom stereocenters. The molecule has 2 amide bonds. The molecule has 1 aromatic carbocycles. The highest BCUT2D eigenvalue weighted by atomic mass is 35.5. The smallest absolute Gasteiger partial charge is 0.302 e. The van der Waals surface area contributed by atoms with Crippen LogP contribution in [0.15, 0.2) is 17.2 Å². The average Bonchev–Trinajstić information content (AvgIpc) is 3.16. The van der Waals surface area contributed by atoms with Crippen LogP contribution in [0.3, 0.4) is 0 Å². The molecule has 1 aliphatic carbocycles. The van der Waals surface area contributed by atoms with E-state index in [4.69, 9.17) is 21.1 Å². The number of nitrogens with zero attached hydrogens (tertiary/aromatic N) is 1. The van der Waals surface area contributed by atoms with E-state index in [9.17, 15) is 18.8 Å². The molecule has 2 aliphatic heterocycles. The lowest BCUT2D eigenvalue weighted by atomic mass is 9.93. The number of imide groups is 1. The van der Waals surface area contributed by atoms with Crippen LogP contribution in [-0.4, -0.2) is 30.5 Å². The molecule has 0 saturated heterocycles. The third kappa shape index (κ3) is 2.90. The van der Waals surface area contributed by atoms with Crippen LogP contribution in [0.4, 0.5) is 10.1 Å². The average molecular weight is 394 g/mol. The van der Waals surface area contributed by atoms with Crippen molar-refractivity contribution in [3.8, 4) is 5.75 Å². The third-order valence-electron chi connectivity index (χ3n) is 5.06. The molecule has 8 heteroatoms. The first-order chi connectivity index (χ1) is 12.9. The van der Waals surface area contributed by atoms with Crippen molar-refractivity contribution in [2.75, 3.05) is 11.5 Å². The second kappa shape index (κ2) is 6.64. The summed E-state index contributed by atoms with van der Waals surface area (Å²) >= 11 is 6.10. The highest BCUT2D eigenvalue weighted by Gasteiger charge is 2.44. The molecular weight excluding hydrogens is 377 g/mol. The summed E-state index contributed by atoms with van der Waals surface area (Å²) in [6.45, 7) is 1.25. The predicted octanol–water partition coefficient (Wildman–Crippen LogP) is 3.09. The molecule has 1 atom stereocenters. The second-order valence-corrected chi connectivity index (χ2v) is 7.26. The lowest BCUT2D eigenvalue weighted by Crippen LogP contribution is -2.33. The van der Waals surface area contributed by atoms with E-state index in [2.05, 4.69) is 0 Å². The van der Waals surface area contributed by atoms with E-state index in [-0.39, 0.29) is 29.5 Å². The molecule has 27 heavy (non-hydrogen) atoms. The predicted molar refractivity (Wildman–Crippen MR) is 94.2 cm³/mol. The number of carbonyl (C=O) groups is 3. The number of anilines is 1. The Kier molecular flexibility index (Phi) is 4.42. The molecule has 0 radical (unpaired) electrons. The number of fused-ring (bicyclic) bond motifs is 1. The van der Waals surface area contributed by atoms with Crippen LogP contribution in [0.2, 0.25) is 5.02 Å². The number of amides is 2.